The minimum absolute atomic E-state index is 0.00806. The number of methoxy groups -OCH3 is 1. The molecule has 2 heterocycles. The number of thioether (sulfide) groups is 1. The predicted molar refractivity (Wildman–Crippen MR) is 162 cm³/mol. The first-order chi connectivity index (χ1) is 19.3. The summed E-state index contributed by atoms with van der Waals surface area (Å²) in [6.45, 7) is 3.04. The number of amides is 1. The SMILES string of the molecule is COc1ccc(-n2c(SCC(=O)NCC34CC5CC(CC(C5)C3)C4)nc3sc4c(c3c2=O)CC[C@@H](C)C4)cc1Cl. The molecule has 4 fully saturated rings. The number of hydrogen-bond donors (Lipinski definition) is 1. The van der Waals surface area contributed by atoms with Crippen LogP contribution < -0.4 is 15.6 Å². The van der Waals surface area contributed by atoms with E-state index in [4.69, 9.17) is 21.3 Å². The van der Waals surface area contributed by atoms with Gasteiger partial charge in [-0.2, -0.15) is 0 Å². The van der Waals surface area contributed by atoms with E-state index in [0.29, 0.717) is 32.9 Å². The number of nitrogens with zero attached hydrogens (tertiary/aromatic N) is 2. The zero-order valence-corrected chi connectivity index (χ0v) is 25.5. The third kappa shape index (κ3) is 4.78. The van der Waals surface area contributed by atoms with Gasteiger partial charge < -0.3 is 10.1 Å². The topological polar surface area (TPSA) is 73.2 Å². The Bertz CT molecular complexity index is 1510. The van der Waals surface area contributed by atoms with Gasteiger partial charge in [0.2, 0.25) is 5.91 Å². The summed E-state index contributed by atoms with van der Waals surface area (Å²) in [4.78, 5) is 34.3. The van der Waals surface area contributed by atoms with Crippen LogP contribution in [0.15, 0.2) is 28.2 Å². The second-order valence-corrected chi connectivity index (χ2v) is 15.3. The van der Waals surface area contributed by atoms with Gasteiger partial charge in [0.15, 0.2) is 5.16 Å². The highest BCUT2D eigenvalue weighted by molar-refractivity contribution is 7.99. The van der Waals surface area contributed by atoms with Crippen LogP contribution in [-0.2, 0) is 17.6 Å². The number of halogens is 1. The molecule has 0 saturated heterocycles. The van der Waals surface area contributed by atoms with Crippen LogP contribution in [0.2, 0.25) is 5.02 Å². The lowest BCUT2D eigenvalue weighted by molar-refractivity contribution is -0.120. The van der Waals surface area contributed by atoms with Gasteiger partial charge in [0, 0.05) is 11.4 Å². The molecule has 0 unspecified atom stereocenters. The van der Waals surface area contributed by atoms with Gasteiger partial charge in [-0.15, -0.1) is 11.3 Å². The molecule has 212 valence electrons. The van der Waals surface area contributed by atoms with E-state index in [9.17, 15) is 9.59 Å². The molecule has 0 aliphatic heterocycles. The van der Waals surface area contributed by atoms with Gasteiger partial charge >= 0.3 is 0 Å². The summed E-state index contributed by atoms with van der Waals surface area (Å²) >= 11 is 9.45. The number of carbonyl (C=O) groups excluding carboxylic acids is 1. The van der Waals surface area contributed by atoms with Crippen LogP contribution >= 0.6 is 34.7 Å². The second kappa shape index (κ2) is 10.4. The van der Waals surface area contributed by atoms with Crippen LogP contribution in [0.5, 0.6) is 5.75 Å². The van der Waals surface area contributed by atoms with Crippen LogP contribution in [0.1, 0.15) is 62.3 Å². The van der Waals surface area contributed by atoms with Gasteiger partial charge in [-0.05, 0) is 111 Å². The summed E-state index contributed by atoms with van der Waals surface area (Å²) in [6, 6.07) is 5.34. The van der Waals surface area contributed by atoms with Crippen molar-refractivity contribution in [2.45, 2.75) is 69.9 Å². The van der Waals surface area contributed by atoms with E-state index in [1.54, 1.807) is 35.1 Å². The van der Waals surface area contributed by atoms with Crippen LogP contribution in [0.3, 0.4) is 0 Å². The van der Waals surface area contributed by atoms with E-state index >= 15 is 0 Å². The van der Waals surface area contributed by atoms with E-state index in [0.717, 1.165) is 59.3 Å². The Balaban J connectivity index is 1.17. The standard InChI is InChI=1S/C31H36ClN3O3S2/c1-17-3-5-22-25(7-17)40-28-27(22)29(37)35(21-4-6-24(38-2)23(32)11-21)30(34-28)39-15-26(36)33-16-31-12-18-8-19(13-31)10-20(9-18)14-31/h4,6,11,17-20H,3,5,7-10,12-16H2,1-2H3,(H,33,36)/t17-,18?,19?,20?,31?/m1/s1. The van der Waals surface area contributed by atoms with E-state index in [1.165, 1.54) is 55.2 Å². The maximum Gasteiger partial charge on any atom is 0.267 e. The van der Waals surface area contributed by atoms with Crippen molar-refractivity contribution in [3.63, 3.8) is 0 Å². The lowest BCUT2D eigenvalue weighted by Gasteiger charge is -2.56. The summed E-state index contributed by atoms with van der Waals surface area (Å²) in [5.41, 5.74) is 1.98. The van der Waals surface area contributed by atoms with Gasteiger partial charge in [0.25, 0.3) is 5.56 Å². The van der Waals surface area contributed by atoms with Crippen molar-refractivity contribution in [2.75, 3.05) is 19.4 Å². The van der Waals surface area contributed by atoms with Crippen molar-refractivity contribution >= 4 is 50.8 Å². The molecule has 1 atom stereocenters. The third-order valence-electron chi connectivity index (χ3n) is 9.85. The van der Waals surface area contributed by atoms with Crippen LogP contribution in [0, 0.1) is 29.1 Å². The van der Waals surface area contributed by atoms with Gasteiger partial charge in [0.1, 0.15) is 10.6 Å². The first-order valence-electron chi connectivity index (χ1n) is 14.6. The zero-order valence-electron chi connectivity index (χ0n) is 23.1. The fourth-order valence-corrected chi connectivity index (χ4v) is 11.0. The normalized spacial score (nSPS) is 28.6. The predicted octanol–water partition coefficient (Wildman–Crippen LogP) is 6.66. The molecule has 1 N–H and O–H groups in total. The maximum absolute atomic E-state index is 14.1. The first kappa shape index (κ1) is 26.8. The highest BCUT2D eigenvalue weighted by atomic mass is 35.5. The zero-order chi connectivity index (χ0) is 27.6. The molecule has 2 aromatic heterocycles. The molecule has 9 heteroatoms. The van der Waals surface area contributed by atoms with Crippen LogP contribution in [0.4, 0.5) is 0 Å². The smallest absolute Gasteiger partial charge is 0.267 e. The van der Waals surface area contributed by atoms with Crippen molar-refractivity contribution in [3.05, 3.63) is 44.0 Å². The van der Waals surface area contributed by atoms with Crippen LogP contribution in [-0.4, -0.2) is 34.9 Å². The van der Waals surface area contributed by atoms with Crippen molar-refractivity contribution in [2.24, 2.45) is 29.1 Å². The van der Waals surface area contributed by atoms with Gasteiger partial charge in [-0.1, -0.05) is 30.3 Å². The maximum atomic E-state index is 14.1. The first-order valence-corrected chi connectivity index (χ1v) is 16.8. The molecule has 4 saturated carbocycles. The summed E-state index contributed by atoms with van der Waals surface area (Å²) in [6.07, 6.45) is 11.0. The highest BCUT2D eigenvalue weighted by Crippen LogP contribution is 2.59. The minimum Gasteiger partial charge on any atom is -0.495 e. The number of benzene rings is 1. The second-order valence-electron chi connectivity index (χ2n) is 12.9. The quantitative estimate of drug-likeness (QED) is 0.244. The summed E-state index contributed by atoms with van der Waals surface area (Å²) in [7, 11) is 1.57. The van der Waals surface area contributed by atoms with E-state index in [2.05, 4.69) is 12.2 Å². The number of nitrogens with one attached hydrogen (secondary N) is 1. The molecule has 0 spiro atoms. The minimum atomic E-state index is -0.0882. The Morgan fingerprint density at radius 3 is 2.62 bits per heavy atom. The summed E-state index contributed by atoms with van der Waals surface area (Å²) in [5, 5.41) is 4.95. The Kier molecular flexibility index (Phi) is 6.95. The molecule has 5 aliphatic rings. The van der Waals surface area contributed by atoms with Gasteiger partial charge in [-0.3, -0.25) is 14.2 Å². The number of hydrogen-bond acceptors (Lipinski definition) is 6. The highest BCUT2D eigenvalue weighted by Gasteiger charge is 2.50. The van der Waals surface area contributed by atoms with Crippen LogP contribution in [0.25, 0.3) is 15.9 Å². The van der Waals surface area contributed by atoms with E-state index in [-0.39, 0.29) is 17.2 Å². The molecule has 4 bridgehead atoms. The van der Waals surface area contributed by atoms with Crippen molar-refractivity contribution < 1.29 is 9.53 Å². The van der Waals surface area contributed by atoms with Crippen molar-refractivity contribution in [1.29, 1.82) is 0 Å². The molecule has 8 rings (SSSR count). The number of fused-ring (bicyclic) bond motifs is 3. The van der Waals surface area contributed by atoms with Gasteiger partial charge in [0.05, 0.1) is 29.0 Å². The lowest BCUT2D eigenvalue weighted by Crippen LogP contribution is -2.51. The molecule has 1 aromatic carbocycles. The average Bonchev–Trinajstić information content (AvgIpc) is 3.27. The third-order valence-corrected chi connectivity index (χ3v) is 12.2. The largest absolute Gasteiger partial charge is 0.495 e. The number of aromatic nitrogens is 2. The Labute approximate surface area is 248 Å². The number of aryl methyl sites for hydroxylation is 1. The Morgan fingerprint density at radius 2 is 1.95 bits per heavy atom. The molecular weight excluding hydrogens is 562 g/mol. The number of carbonyl (C=O) groups is 1. The van der Waals surface area contributed by atoms with Gasteiger partial charge in [-0.25, -0.2) is 4.98 Å². The molecule has 5 aliphatic carbocycles. The molecule has 0 radical (unpaired) electrons. The Hall–Kier alpha value is -2.03. The van der Waals surface area contributed by atoms with Crippen molar-refractivity contribution in [3.8, 4) is 11.4 Å². The summed E-state index contributed by atoms with van der Waals surface area (Å²) < 4.78 is 6.98. The number of ether oxygens (including phenoxy) is 1. The number of thiophene rings is 1. The van der Waals surface area contributed by atoms with E-state index < -0.39 is 0 Å². The summed E-state index contributed by atoms with van der Waals surface area (Å²) in [5.74, 6) is 3.96. The Morgan fingerprint density at radius 1 is 1.23 bits per heavy atom. The fourth-order valence-electron chi connectivity index (χ4n) is 8.46. The molecular formula is C31H36ClN3O3S2. The lowest BCUT2D eigenvalue weighted by atomic mass is 9.49. The molecule has 40 heavy (non-hydrogen) atoms. The number of rotatable bonds is 7. The fraction of sp³-hybridized carbons (Fsp3) is 0.581. The molecule has 1 amide bonds. The van der Waals surface area contributed by atoms with E-state index in [1.807, 2.05) is 6.07 Å². The average molecular weight is 598 g/mol. The molecule has 3 aromatic rings. The molecule has 6 nitrogen and oxygen atoms in total. The van der Waals surface area contributed by atoms with Crippen molar-refractivity contribution in [1.82, 2.24) is 14.9 Å². The monoisotopic (exact) mass is 597 g/mol.